The van der Waals surface area contributed by atoms with Gasteiger partial charge in [0.25, 0.3) is 5.91 Å². The second-order valence-electron chi connectivity index (χ2n) is 4.10. The molecule has 0 aliphatic carbocycles. The van der Waals surface area contributed by atoms with Crippen LogP contribution in [0.4, 0.5) is 13.2 Å². The van der Waals surface area contributed by atoms with Crippen molar-refractivity contribution in [3.63, 3.8) is 0 Å². The number of likely N-dealkylation sites (tertiary alicyclic amines) is 1. The van der Waals surface area contributed by atoms with Gasteiger partial charge in [0.05, 0.1) is 5.92 Å². The van der Waals surface area contributed by atoms with E-state index in [1.54, 1.807) is 0 Å². The molecule has 1 aliphatic rings. The van der Waals surface area contributed by atoms with Crippen LogP contribution < -0.4 is 0 Å². The van der Waals surface area contributed by atoms with Gasteiger partial charge in [0.1, 0.15) is 5.69 Å². The molecule has 1 saturated heterocycles. The zero-order valence-corrected chi connectivity index (χ0v) is 9.00. The summed E-state index contributed by atoms with van der Waals surface area (Å²) >= 11 is 0. The van der Waals surface area contributed by atoms with Gasteiger partial charge in [-0.1, -0.05) is 0 Å². The van der Waals surface area contributed by atoms with Crippen LogP contribution >= 0.6 is 0 Å². The number of aromatic nitrogens is 2. The average Bonchev–Trinajstić information content (AvgIpc) is 2.80. The number of H-pyrrole nitrogens is 1. The minimum absolute atomic E-state index is 0.0935. The van der Waals surface area contributed by atoms with Crippen molar-refractivity contribution in [2.24, 2.45) is 5.92 Å². The summed E-state index contributed by atoms with van der Waals surface area (Å²) in [6, 6.07) is 1.46. The Morgan fingerprint density at radius 3 is 2.88 bits per heavy atom. The highest BCUT2D eigenvalue weighted by Gasteiger charge is 2.42. The predicted molar refractivity (Wildman–Crippen MR) is 53.3 cm³/mol. The maximum Gasteiger partial charge on any atom is 0.393 e. The summed E-state index contributed by atoms with van der Waals surface area (Å²) in [4.78, 5) is 13.1. The number of carbonyl (C=O) groups excluding carboxylic acids is 1. The molecule has 0 unspecified atom stereocenters. The van der Waals surface area contributed by atoms with Crippen LogP contribution in [0, 0.1) is 5.92 Å². The lowest BCUT2D eigenvalue weighted by molar-refractivity contribution is -0.184. The van der Waals surface area contributed by atoms with Gasteiger partial charge in [-0.05, 0) is 18.9 Å². The third kappa shape index (κ3) is 2.59. The molecular formula is C10H12F3N3O. The SMILES string of the molecule is O=C(c1ccn[nH]1)N1CCC[C@H](C(F)(F)F)C1. The molecule has 2 rings (SSSR count). The van der Waals surface area contributed by atoms with E-state index in [0.717, 1.165) is 0 Å². The maximum absolute atomic E-state index is 12.6. The highest BCUT2D eigenvalue weighted by atomic mass is 19.4. The van der Waals surface area contributed by atoms with Crippen molar-refractivity contribution in [2.75, 3.05) is 13.1 Å². The van der Waals surface area contributed by atoms with Crippen LogP contribution in [0.15, 0.2) is 12.3 Å². The molecular weight excluding hydrogens is 235 g/mol. The van der Waals surface area contributed by atoms with Gasteiger partial charge in [0.2, 0.25) is 0 Å². The molecule has 1 aromatic rings. The highest BCUT2D eigenvalue weighted by Crippen LogP contribution is 2.33. The highest BCUT2D eigenvalue weighted by molar-refractivity contribution is 5.92. The lowest BCUT2D eigenvalue weighted by Crippen LogP contribution is -2.44. The number of nitrogens with one attached hydrogen (secondary N) is 1. The van der Waals surface area contributed by atoms with E-state index in [0.29, 0.717) is 13.0 Å². The Balaban J connectivity index is 2.05. The van der Waals surface area contributed by atoms with Crippen LogP contribution in [0.5, 0.6) is 0 Å². The van der Waals surface area contributed by atoms with Crippen LogP contribution in [0.1, 0.15) is 23.3 Å². The topological polar surface area (TPSA) is 49.0 Å². The van der Waals surface area contributed by atoms with E-state index in [1.807, 2.05) is 0 Å². The van der Waals surface area contributed by atoms with Gasteiger partial charge in [-0.3, -0.25) is 9.89 Å². The first-order valence-electron chi connectivity index (χ1n) is 5.34. The van der Waals surface area contributed by atoms with Gasteiger partial charge in [0, 0.05) is 19.3 Å². The largest absolute Gasteiger partial charge is 0.393 e. The van der Waals surface area contributed by atoms with Crippen LogP contribution in [0.3, 0.4) is 0 Å². The van der Waals surface area contributed by atoms with Gasteiger partial charge in [-0.2, -0.15) is 18.3 Å². The number of rotatable bonds is 1. The summed E-state index contributed by atoms with van der Waals surface area (Å²) in [7, 11) is 0. The molecule has 1 atom stereocenters. The fourth-order valence-corrected chi connectivity index (χ4v) is 1.97. The summed E-state index contributed by atoms with van der Waals surface area (Å²) < 4.78 is 37.7. The van der Waals surface area contributed by atoms with E-state index in [4.69, 9.17) is 0 Å². The zero-order valence-electron chi connectivity index (χ0n) is 9.00. The second-order valence-corrected chi connectivity index (χ2v) is 4.10. The Labute approximate surface area is 95.8 Å². The molecule has 1 aliphatic heterocycles. The molecule has 1 amide bonds. The standard InChI is InChI=1S/C10H12F3N3O/c11-10(12,13)7-2-1-5-16(6-7)9(17)8-3-4-14-15-8/h3-4,7H,1-2,5-6H2,(H,14,15)/t7-/m0/s1. The number of nitrogens with zero attached hydrogens (tertiary/aromatic N) is 2. The maximum atomic E-state index is 12.6. The van der Waals surface area contributed by atoms with E-state index in [-0.39, 0.29) is 18.7 Å². The molecule has 1 N–H and O–H groups in total. The zero-order chi connectivity index (χ0) is 12.5. The molecule has 1 aromatic heterocycles. The van der Waals surface area contributed by atoms with Crippen molar-refractivity contribution in [3.8, 4) is 0 Å². The van der Waals surface area contributed by atoms with E-state index < -0.39 is 18.0 Å². The Morgan fingerprint density at radius 2 is 2.29 bits per heavy atom. The lowest BCUT2D eigenvalue weighted by Gasteiger charge is -2.33. The third-order valence-electron chi connectivity index (χ3n) is 2.90. The molecule has 0 radical (unpaired) electrons. The molecule has 0 bridgehead atoms. The molecule has 17 heavy (non-hydrogen) atoms. The van der Waals surface area contributed by atoms with Gasteiger partial charge in [-0.15, -0.1) is 0 Å². The van der Waals surface area contributed by atoms with Crippen molar-refractivity contribution in [3.05, 3.63) is 18.0 Å². The number of amides is 1. The summed E-state index contributed by atoms with van der Waals surface area (Å²) in [6.07, 6.45) is -2.36. The quantitative estimate of drug-likeness (QED) is 0.823. The lowest BCUT2D eigenvalue weighted by atomic mass is 9.97. The van der Waals surface area contributed by atoms with E-state index in [9.17, 15) is 18.0 Å². The smallest absolute Gasteiger partial charge is 0.337 e. The first-order chi connectivity index (χ1) is 7.98. The molecule has 7 heteroatoms. The number of piperidine rings is 1. The first kappa shape index (κ1) is 11.9. The Morgan fingerprint density at radius 1 is 1.53 bits per heavy atom. The van der Waals surface area contributed by atoms with Crippen molar-refractivity contribution in [1.29, 1.82) is 0 Å². The monoisotopic (exact) mass is 247 g/mol. The van der Waals surface area contributed by atoms with Crippen LogP contribution in [0.2, 0.25) is 0 Å². The minimum Gasteiger partial charge on any atom is -0.337 e. The molecule has 2 heterocycles. The van der Waals surface area contributed by atoms with Crippen molar-refractivity contribution in [1.82, 2.24) is 15.1 Å². The Hall–Kier alpha value is -1.53. The van der Waals surface area contributed by atoms with Gasteiger partial charge in [-0.25, -0.2) is 0 Å². The van der Waals surface area contributed by atoms with Crippen molar-refractivity contribution < 1.29 is 18.0 Å². The number of hydrogen-bond donors (Lipinski definition) is 1. The number of carbonyl (C=O) groups is 1. The van der Waals surface area contributed by atoms with E-state index >= 15 is 0 Å². The number of alkyl halides is 3. The Kier molecular flexibility index (Phi) is 3.08. The molecule has 94 valence electrons. The fourth-order valence-electron chi connectivity index (χ4n) is 1.97. The van der Waals surface area contributed by atoms with E-state index in [2.05, 4.69) is 10.2 Å². The summed E-state index contributed by atoms with van der Waals surface area (Å²) in [5.41, 5.74) is 0.229. The number of halogens is 3. The first-order valence-corrected chi connectivity index (χ1v) is 5.34. The summed E-state index contributed by atoms with van der Waals surface area (Å²) in [5, 5.41) is 6.08. The molecule has 1 fully saturated rings. The van der Waals surface area contributed by atoms with Crippen LogP contribution in [-0.4, -0.2) is 40.3 Å². The fraction of sp³-hybridized carbons (Fsp3) is 0.600. The van der Waals surface area contributed by atoms with E-state index in [1.165, 1.54) is 17.2 Å². The van der Waals surface area contributed by atoms with Crippen molar-refractivity contribution in [2.45, 2.75) is 19.0 Å². The number of hydrogen-bond acceptors (Lipinski definition) is 2. The van der Waals surface area contributed by atoms with Gasteiger partial charge >= 0.3 is 6.18 Å². The van der Waals surface area contributed by atoms with Gasteiger partial charge in [0.15, 0.2) is 0 Å². The molecule has 0 spiro atoms. The van der Waals surface area contributed by atoms with Crippen molar-refractivity contribution >= 4 is 5.91 Å². The summed E-state index contributed by atoms with van der Waals surface area (Å²) in [6.45, 7) is 0.103. The molecule has 0 aromatic carbocycles. The molecule has 4 nitrogen and oxygen atoms in total. The minimum atomic E-state index is -4.23. The van der Waals surface area contributed by atoms with Gasteiger partial charge < -0.3 is 4.90 Å². The van der Waals surface area contributed by atoms with Crippen LogP contribution in [-0.2, 0) is 0 Å². The Bertz CT molecular complexity index is 388. The average molecular weight is 247 g/mol. The summed E-state index contributed by atoms with van der Waals surface area (Å²) in [5.74, 6) is -1.83. The normalized spacial score (nSPS) is 21.6. The molecule has 0 saturated carbocycles. The number of aromatic amines is 1. The third-order valence-corrected chi connectivity index (χ3v) is 2.90. The van der Waals surface area contributed by atoms with Crippen LogP contribution in [0.25, 0.3) is 0 Å². The predicted octanol–water partition coefficient (Wildman–Crippen LogP) is 1.82. The second kappa shape index (κ2) is 4.38.